The van der Waals surface area contributed by atoms with Gasteiger partial charge in [0.25, 0.3) is 0 Å². The fourth-order valence-electron chi connectivity index (χ4n) is 3.16. The number of rotatable bonds is 2. The number of hydrogen-bond acceptors (Lipinski definition) is 2. The molecular formula is C11H14N2. The summed E-state index contributed by atoms with van der Waals surface area (Å²) in [6.07, 6.45) is 5.34. The van der Waals surface area contributed by atoms with Crippen molar-refractivity contribution in [3.63, 3.8) is 0 Å². The molecule has 68 valence electrons. The van der Waals surface area contributed by atoms with Crippen LogP contribution >= 0.6 is 0 Å². The van der Waals surface area contributed by atoms with Crippen LogP contribution in [0.4, 0.5) is 0 Å². The van der Waals surface area contributed by atoms with E-state index in [4.69, 9.17) is 10.5 Å². The van der Waals surface area contributed by atoms with Crippen molar-refractivity contribution >= 4 is 0 Å². The van der Waals surface area contributed by atoms with Crippen LogP contribution in [0.3, 0.4) is 0 Å². The molecule has 0 spiro atoms. The lowest BCUT2D eigenvalue weighted by Crippen LogP contribution is -2.16. The first-order chi connectivity index (χ1) is 6.35. The standard InChI is InChI=1S/C11H14N2/c12-3-1-2-8-4-10-5-9(8)6-11(10)7-13/h8-11H,1-2,4-6H2/t8?,9-,10+,11?/m1/s1. The van der Waals surface area contributed by atoms with Crippen LogP contribution in [-0.2, 0) is 0 Å². The average molecular weight is 174 g/mol. The smallest absolute Gasteiger partial charge is 0.0658 e. The van der Waals surface area contributed by atoms with E-state index in [1.807, 2.05) is 0 Å². The molecule has 2 fully saturated rings. The maximum absolute atomic E-state index is 8.85. The molecule has 0 radical (unpaired) electrons. The molecule has 0 heterocycles. The molecule has 0 saturated heterocycles. The third-order valence-electron chi connectivity index (χ3n) is 3.80. The van der Waals surface area contributed by atoms with Gasteiger partial charge in [0.1, 0.15) is 0 Å². The van der Waals surface area contributed by atoms with Gasteiger partial charge in [-0.2, -0.15) is 10.5 Å². The van der Waals surface area contributed by atoms with E-state index in [2.05, 4.69) is 12.1 Å². The number of fused-ring (bicyclic) bond motifs is 2. The van der Waals surface area contributed by atoms with Gasteiger partial charge >= 0.3 is 0 Å². The molecule has 0 aromatic rings. The zero-order valence-corrected chi connectivity index (χ0v) is 7.74. The number of nitriles is 2. The van der Waals surface area contributed by atoms with Gasteiger partial charge in [-0.25, -0.2) is 0 Å². The minimum Gasteiger partial charge on any atom is -0.198 e. The van der Waals surface area contributed by atoms with Crippen LogP contribution in [0.15, 0.2) is 0 Å². The Hall–Kier alpha value is -1.02. The molecule has 2 aliphatic carbocycles. The van der Waals surface area contributed by atoms with Crippen LogP contribution < -0.4 is 0 Å². The molecule has 0 N–H and O–H groups in total. The molecule has 2 rings (SSSR count). The van der Waals surface area contributed by atoms with Crippen molar-refractivity contribution in [1.29, 1.82) is 10.5 Å². The summed E-state index contributed by atoms with van der Waals surface area (Å²) in [7, 11) is 0. The van der Waals surface area contributed by atoms with E-state index in [0.29, 0.717) is 18.3 Å². The lowest BCUT2D eigenvalue weighted by Gasteiger charge is -2.23. The number of hydrogen-bond donors (Lipinski definition) is 0. The Kier molecular flexibility index (Phi) is 2.23. The Balaban J connectivity index is 1.90. The van der Waals surface area contributed by atoms with Gasteiger partial charge in [0.2, 0.25) is 0 Å². The van der Waals surface area contributed by atoms with Gasteiger partial charge < -0.3 is 0 Å². The van der Waals surface area contributed by atoms with E-state index in [-0.39, 0.29) is 0 Å². The summed E-state index contributed by atoms with van der Waals surface area (Å²) in [5, 5.41) is 17.3. The quantitative estimate of drug-likeness (QED) is 0.645. The topological polar surface area (TPSA) is 47.6 Å². The zero-order chi connectivity index (χ0) is 9.26. The first-order valence-corrected chi connectivity index (χ1v) is 5.11. The second-order valence-corrected chi connectivity index (χ2v) is 4.42. The van der Waals surface area contributed by atoms with Crippen molar-refractivity contribution in [3.05, 3.63) is 0 Å². The van der Waals surface area contributed by atoms with Gasteiger partial charge in [0, 0.05) is 12.3 Å². The first kappa shape index (κ1) is 8.57. The Morgan fingerprint density at radius 3 is 2.46 bits per heavy atom. The molecule has 2 unspecified atom stereocenters. The minimum absolute atomic E-state index is 0.336. The predicted octanol–water partition coefficient (Wildman–Crippen LogP) is 2.48. The Labute approximate surface area is 79.2 Å². The van der Waals surface area contributed by atoms with Gasteiger partial charge in [-0.15, -0.1) is 0 Å². The lowest BCUT2D eigenvalue weighted by molar-refractivity contribution is 0.282. The van der Waals surface area contributed by atoms with Crippen LogP contribution in [0.1, 0.15) is 32.1 Å². The molecule has 13 heavy (non-hydrogen) atoms. The van der Waals surface area contributed by atoms with Gasteiger partial charge in [-0.05, 0) is 43.4 Å². The summed E-state index contributed by atoms with van der Waals surface area (Å²) >= 11 is 0. The zero-order valence-electron chi connectivity index (χ0n) is 7.74. The largest absolute Gasteiger partial charge is 0.198 e. The van der Waals surface area contributed by atoms with Crippen LogP contribution in [0, 0.1) is 46.3 Å². The van der Waals surface area contributed by atoms with E-state index in [1.165, 1.54) is 12.8 Å². The van der Waals surface area contributed by atoms with E-state index in [9.17, 15) is 0 Å². The van der Waals surface area contributed by atoms with Gasteiger partial charge in [-0.3, -0.25) is 0 Å². The van der Waals surface area contributed by atoms with Gasteiger partial charge in [-0.1, -0.05) is 0 Å². The van der Waals surface area contributed by atoms with E-state index in [0.717, 1.165) is 24.7 Å². The van der Waals surface area contributed by atoms with Crippen molar-refractivity contribution < 1.29 is 0 Å². The highest BCUT2D eigenvalue weighted by molar-refractivity contribution is 5.03. The molecular weight excluding hydrogens is 160 g/mol. The molecule has 0 amide bonds. The predicted molar refractivity (Wildman–Crippen MR) is 48.3 cm³/mol. The maximum Gasteiger partial charge on any atom is 0.0658 e. The molecule has 2 bridgehead atoms. The molecule has 2 aliphatic rings. The van der Waals surface area contributed by atoms with Crippen LogP contribution in [0.2, 0.25) is 0 Å². The molecule has 0 aliphatic heterocycles. The summed E-state index contributed by atoms with van der Waals surface area (Å²) in [5.74, 6) is 2.53. The SMILES string of the molecule is N#CCCC1C[C@H]2C[C@@H]1CC2C#N. The molecule has 2 nitrogen and oxygen atoms in total. The third-order valence-corrected chi connectivity index (χ3v) is 3.80. The summed E-state index contributed by atoms with van der Waals surface area (Å²) in [6, 6.07) is 4.62. The average Bonchev–Trinajstić information content (AvgIpc) is 2.72. The second-order valence-electron chi connectivity index (χ2n) is 4.42. The highest BCUT2D eigenvalue weighted by Crippen LogP contribution is 2.52. The second kappa shape index (κ2) is 3.38. The van der Waals surface area contributed by atoms with Gasteiger partial charge in [0.15, 0.2) is 0 Å². The van der Waals surface area contributed by atoms with Crippen molar-refractivity contribution in [3.8, 4) is 12.1 Å². The fourth-order valence-corrected chi connectivity index (χ4v) is 3.16. The first-order valence-electron chi connectivity index (χ1n) is 5.11. The van der Waals surface area contributed by atoms with Crippen molar-refractivity contribution in [1.82, 2.24) is 0 Å². The number of nitrogens with zero attached hydrogens (tertiary/aromatic N) is 2. The Bertz CT molecular complexity index is 271. The summed E-state index contributed by atoms with van der Waals surface area (Å²) in [6.45, 7) is 0. The Morgan fingerprint density at radius 2 is 1.92 bits per heavy atom. The normalized spacial score (nSPS) is 41.4. The Morgan fingerprint density at radius 1 is 1.08 bits per heavy atom. The summed E-state index contributed by atoms with van der Waals surface area (Å²) in [5.41, 5.74) is 0. The minimum atomic E-state index is 0.336. The van der Waals surface area contributed by atoms with Crippen molar-refractivity contribution in [2.75, 3.05) is 0 Å². The molecule has 2 heteroatoms. The van der Waals surface area contributed by atoms with Crippen LogP contribution in [0.5, 0.6) is 0 Å². The monoisotopic (exact) mass is 174 g/mol. The fraction of sp³-hybridized carbons (Fsp3) is 0.818. The lowest BCUT2D eigenvalue weighted by atomic mass is 9.81. The maximum atomic E-state index is 8.85. The van der Waals surface area contributed by atoms with Crippen LogP contribution in [-0.4, -0.2) is 0 Å². The third kappa shape index (κ3) is 1.42. The van der Waals surface area contributed by atoms with E-state index < -0.39 is 0 Å². The summed E-state index contributed by atoms with van der Waals surface area (Å²) < 4.78 is 0. The highest BCUT2D eigenvalue weighted by Gasteiger charge is 2.45. The molecule has 2 saturated carbocycles. The van der Waals surface area contributed by atoms with Gasteiger partial charge in [0.05, 0.1) is 12.1 Å². The molecule has 0 aromatic carbocycles. The van der Waals surface area contributed by atoms with Crippen molar-refractivity contribution in [2.24, 2.45) is 23.7 Å². The van der Waals surface area contributed by atoms with Crippen molar-refractivity contribution in [2.45, 2.75) is 32.1 Å². The van der Waals surface area contributed by atoms with Crippen LogP contribution in [0.25, 0.3) is 0 Å². The summed E-state index contributed by atoms with van der Waals surface area (Å²) in [4.78, 5) is 0. The van der Waals surface area contributed by atoms with E-state index >= 15 is 0 Å². The molecule has 4 atom stereocenters. The molecule has 0 aromatic heterocycles. The highest BCUT2D eigenvalue weighted by atomic mass is 14.5. The van der Waals surface area contributed by atoms with E-state index in [1.54, 1.807) is 0 Å².